The van der Waals surface area contributed by atoms with Crippen molar-refractivity contribution in [1.29, 1.82) is 0 Å². The van der Waals surface area contributed by atoms with E-state index in [4.69, 9.17) is 0 Å². The normalized spacial score (nSPS) is 11.8. The zero-order valence-corrected chi connectivity index (χ0v) is 13.7. The van der Waals surface area contributed by atoms with E-state index >= 15 is 0 Å². The maximum Gasteiger partial charge on any atom is 0.264 e. The molecule has 1 heterocycles. The minimum Gasteiger partial charge on any atom is -0.272 e. The molecule has 1 aromatic heterocycles. The Morgan fingerprint density at radius 2 is 1.87 bits per heavy atom. The average Bonchev–Trinajstić information content (AvgIpc) is 2.70. The maximum atomic E-state index is 12.8. The van der Waals surface area contributed by atoms with E-state index in [0.717, 1.165) is 47.3 Å². The van der Waals surface area contributed by atoms with Gasteiger partial charge in [0.1, 0.15) is 5.82 Å². The van der Waals surface area contributed by atoms with Gasteiger partial charge in [-0.15, -0.1) is 0 Å². The molecule has 2 rings (SSSR count). The Morgan fingerprint density at radius 3 is 2.39 bits per heavy atom. The van der Waals surface area contributed by atoms with Gasteiger partial charge in [0.15, 0.2) is 0 Å². The molecule has 0 saturated heterocycles. The van der Waals surface area contributed by atoms with Crippen LogP contribution in [0.3, 0.4) is 0 Å². The number of hydrogen-bond acceptors (Lipinski definition) is 4. The highest BCUT2D eigenvalue weighted by Gasteiger charge is 2.16. The van der Waals surface area contributed by atoms with E-state index in [1.54, 1.807) is 18.7 Å². The maximum absolute atomic E-state index is 12.8. The van der Waals surface area contributed by atoms with Crippen LogP contribution in [0.25, 0.3) is 6.08 Å². The number of carbonyl (C=O) groups excluding carboxylic acids is 1. The zero-order chi connectivity index (χ0) is 17.2. The molecule has 1 amide bonds. The van der Waals surface area contributed by atoms with Gasteiger partial charge in [0.25, 0.3) is 15.9 Å². The van der Waals surface area contributed by atoms with Gasteiger partial charge in [0.2, 0.25) is 0 Å². The van der Waals surface area contributed by atoms with Crippen LogP contribution in [0.15, 0.2) is 35.2 Å². The van der Waals surface area contributed by atoms with E-state index in [1.165, 1.54) is 6.08 Å². The van der Waals surface area contributed by atoms with Gasteiger partial charge >= 0.3 is 0 Å². The molecule has 0 bridgehead atoms. The van der Waals surface area contributed by atoms with Crippen molar-refractivity contribution in [3.63, 3.8) is 0 Å². The van der Waals surface area contributed by atoms with E-state index in [2.05, 4.69) is 5.10 Å². The highest BCUT2D eigenvalue weighted by Crippen LogP contribution is 2.14. The minimum atomic E-state index is -4.03. The summed E-state index contributed by atoms with van der Waals surface area (Å²) in [5, 5.41) is 4.20. The number of nitrogens with one attached hydrogen (secondary N) is 1. The zero-order valence-electron chi connectivity index (χ0n) is 12.9. The molecule has 23 heavy (non-hydrogen) atoms. The lowest BCUT2D eigenvalue weighted by atomic mass is 10.2. The number of hydrogen-bond donors (Lipinski definition) is 1. The molecular formula is C15H16FN3O3S. The lowest BCUT2D eigenvalue weighted by Crippen LogP contribution is -2.28. The van der Waals surface area contributed by atoms with Crippen LogP contribution < -0.4 is 4.72 Å². The topological polar surface area (TPSA) is 81.1 Å². The molecule has 8 heteroatoms. The predicted molar refractivity (Wildman–Crippen MR) is 83.4 cm³/mol. The van der Waals surface area contributed by atoms with Gasteiger partial charge in [0, 0.05) is 24.4 Å². The van der Waals surface area contributed by atoms with Crippen molar-refractivity contribution in [2.45, 2.75) is 18.7 Å². The molecule has 0 aliphatic carbocycles. The van der Waals surface area contributed by atoms with Crippen LogP contribution in [0.1, 0.15) is 17.0 Å². The second-order valence-electron chi connectivity index (χ2n) is 4.97. The van der Waals surface area contributed by atoms with E-state index in [-0.39, 0.29) is 4.90 Å². The summed E-state index contributed by atoms with van der Waals surface area (Å²) in [6.07, 6.45) is 2.63. The monoisotopic (exact) mass is 337 g/mol. The average molecular weight is 337 g/mol. The Balaban J connectivity index is 2.15. The molecule has 0 atom stereocenters. The molecule has 1 aromatic carbocycles. The highest BCUT2D eigenvalue weighted by atomic mass is 32.2. The largest absolute Gasteiger partial charge is 0.272 e. The van der Waals surface area contributed by atoms with E-state index in [0.29, 0.717) is 0 Å². The number of nitrogens with zero attached hydrogens (tertiary/aromatic N) is 2. The lowest BCUT2D eigenvalue weighted by Gasteiger charge is -2.04. The Hall–Kier alpha value is -2.48. The molecule has 122 valence electrons. The standard InChI is InChI=1S/C15H16FN3O3S/c1-10-14(11(2)19(3)17-10)8-9-15(20)18-23(21,22)13-6-4-12(16)5-7-13/h4-9H,1-3H3,(H,18,20). The predicted octanol–water partition coefficient (Wildman–Crippen LogP) is 1.69. The van der Waals surface area contributed by atoms with Gasteiger partial charge in [-0.05, 0) is 44.2 Å². The second-order valence-corrected chi connectivity index (χ2v) is 6.65. The SMILES string of the molecule is Cc1nn(C)c(C)c1C=CC(=O)NS(=O)(=O)c1ccc(F)cc1. The Morgan fingerprint density at radius 1 is 1.26 bits per heavy atom. The molecule has 0 aliphatic heterocycles. The molecule has 6 nitrogen and oxygen atoms in total. The fraction of sp³-hybridized carbons (Fsp3) is 0.200. The summed E-state index contributed by atoms with van der Waals surface area (Å²) in [5.74, 6) is -1.35. The van der Waals surface area contributed by atoms with E-state index in [1.807, 2.05) is 11.6 Å². The summed E-state index contributed by atoms with van der Waals surface area (Å²) < 4.78 is 40.4. The first-order valence-electron chi connectivity index (χ1n) is 6.71. The van der Waals surface area contributed by atoms with Gasteiger partial charge < -0.3 is 0 Å². The van der Waals surface area contributed by atoms with Crippen molar-refractivity contribution in [3.05, 3.63) is 53.1 Å². The summed E-state index contributed by atoms with van der Waals surface area (Å²) >= 11 is 0. The first kappa shape index (κ1) is 16.9. The third-order valence-electron chi connectivity index (χ3n) is 3.33. The number of aryl methyl sites for hydroxylation is 2. The molecular weight excluding hydrogens is 321 g/mol. The highest BCUT2D eigenvalue weighted by molar-refractivity contribution is 7.90. The third-order valence-corrected chi connectivity index (χ3v) is 4.69. The fourth-order valence-corrected chi connectivity index (χ4v) is 2.97. The van der Waals surface area contributed by atoms with Gasteiger partial charge in [-0.1, -0.05) is 0 Å². The summed E-state index contributed by atoms with van der Waals surface area (Å²) in [5.41, 5.74) is 2.34. The number of carbonyl (C=O) groups is 1. The summed E-state index contributed by atoms with van der Waals surface area (Å²) in [6.45, 7) is 3.63. The van der Waals surface area contributed by atoms with Crippen LogP contribution in [0.2, 0.25) is 0 Å². The molecule has 0 saturated carbocycles. The van der Waals surface area contributed by atoms with Crippen molar-refractivity contribution in [2.24, 2.45) is 7.05 Å². The Kier molecular flexibility index (Phi) is 4.65. The van der Waals surface area contributed by atoms with E-state index < -0.39 is 21.7 Å². The van der Waals surface area contributed by atoms with Crippen LogP contribution in [0, 0.1) is 19.7 Å². The summed E-state index contributed by atoms with van der Waals surface area (Å²) in [4.78, 5) is 11.6. The van der Waals surface area contributed by atoms with Crippen LogP contribution in [-0.4, -0.2) is 24.1 Å². The van der Waals surface area contributed by atoms with Crippen molar-refractivity contribution >= 4 is 22.0 Å². The van der Waals surface area contributed by atoms with Gasteiger partial charge in [-0.3, -0.25) is 9.48 Å². The molecule has 0 radical (unpaired) electrons. The second kappa shape index (κ2) is 6.33. The molecule has 0 unspecified atom stereocenters. The number of benzene rings is 1. The quantitative estimate of drug-likeness (QED) is 0.861. The molecule has 2 aromatic rings. The molecule has 0 spiro atoms. The van der Waals surface area contributed by atoms with Crippen molar-refractivity contribution in [3.8, 4) is 0 Å². The van der Waals surface area contributed by atoms with Gasteiger partial charge in [0.05, 0.1) is 10.6 Å². The third kappa shape index (κ3) is 3.84. The summed E-state index contributed by atoms with van der Waals surface area (Å²) in [6, 6.07) is 4.20. The first-order valence-corrected chi connectivity index (χ1v) is 8.19. The van der Waals surface area contributed by atoms with Crippen LogP contribution in [-0.2, 0) is 21.9 Å². The number of sulfonamides is 1. The number of aromatic nitrogens is 2. The molecule has 0 aliphatic rings. The minimum absolute atomic E-state index is 0.186. The first-order chi connectivity index (χ1) is 10.7. The van der Waals surface area contributed by atoms with Gasteiger partial charge in [-0.25, -0.2) is 17.5 Å². The van der Waals surface area contributed by atoms with Crippen molar-refractivity contribution in [1.82, 2.24) is 14.5 Å². The van der Waals surface area contributed by atoms with Crippen LogP contribution >= 0.6 is 0 Å². The Labute approximate surface area is 133 Å². The van der Waals surface area contributed by atoms with Crippen molar-refractivity contribution in [2.75, 3.05) is 0 Å². The molecule has 1 N–H and O–H groups in total. The lowest BCUT2D eigenvalue weighted by molar-refractivity contribution is -0.114. The summed E-state index contributed by atoms with van der Waals surface area (Å²) in [7, 11) is -2.26. The Bertz CT molecular complexity index is 868. The van der Waals surface area contributed by atoms with Crippen LogP contribution in [0.4, 0.5) is 4.39 Å². The van der Waals surface area contributed by atoms with Crippen molar-refractivity contribution < 1.29 is 17.6 Å². The fourth-order valence-electron chi connectivity index (χ4n) is 2.03. The number of amides is 1. The number of halogens is 1. The van der Waals surface area contributed by atoms with Crippen LogP contribution in [0.5, 0.6) is 0 Å². The van der Waals surface area contributed by atoms with E-state index in [9.17, 15) is 17.6 Å². The smallest absolute Gasteiger partial charge is 0.264 e. The molecule has 0 fully saturated rings. The van der Waals surface area contributed by atoms with Gasteiger partial charge in [-0.2, -0.15) is 5.10 Å². The number of rotatable bonds is 4.